The first-order valence-electron chi connectivity index (χ1n) is 4.79. The Morgan fingerprint density at radius 2 is 2.40 bits per heavy atom. The fraction of sp³-hybridized carbons (Fsp3) is 0.444. The molecule has 1 N–H and O–H groups in total. The summed E-state index contributed by atoms with van der Waals surface area (Å²) >= 11 is 0. The molecule has 2 rings (SSSR count). The molecule has 2 aromatic heterocycles. The number of aliphatic hydroxyl groups is 1. The van der Waals surface area contributed by atoms with Gasteiger partial charge < -0.3 is 5.11 Å². The molecule has 1 unspecified atom stereocenters. The van der Waals surface area contributed by atoms with Gasteiger partial charge in [0.15, 0.2) is 5.65 Å². The Kier molecular flexibility index (Phi) is 2.51. The van der Waals surface area contributed by atoms with Gasteiger partial charge in [-0.05, 0) is 6.42 Å². The Morgan fingerprint density at radius 3 is 3.07 bits per heavy atom. The van der Waals surface area contributed by atoms with Gasteiger partial charge in [0.2, 0.25) is 0 Å². The predicted molar refractivity (Wildman–Crippen MR) is 53.5 cm³/mol. The van der Waals surface area contributed by atoms with Gasteiger partial charge in [-0.1, -0.05) is 6.92 Å². The standard InChI is InChI=1S/C9H12N4O2/c1-2-7(14)6-13-9(15)12-4-3-10-5-8(12)11-13/h3-5,7,14H,2,6H2,1H3. The molecule has 0 spiro atoms. The average molecular weight is 208 g/mol. The lowest BCUT2D eigenvalue weighted by molar-refractivity contribution is 0.144. The normalized spacial score (nSPS) is 13.2. The third kappa shape index (κ3) is 1.75. The van der Waals surface area contributed by atoms with Crippen LogP contribution < -0.4 is 5.69 Å². The second-order valence-corrected chi connectivity index (χ2v) is 3.33. The first-order valence-corrected chi connectivity index (χ1v) is 4.79. The minimum absolute atomic E-state index is 0.219. The maximum Gasteiger partial charge on any atom is 0.350 e. The SMILES string of the molecule is CCC(O)Cn1nc2cnccn2c1=O. The molecule has 0 radical (unpaired) electrons. The van der Waals surface area contributed by atoms with Crippen molar-refractivity contribution in [3.05, 3.63) is 29.1 Å². The Morgan fingerprint density at radius 1 is 1.60 bits per heavy atom. The minimum atomic E-state index is -0.541. The molecule has 0 saturated carbocycles. The summed E-state index contributed by atoms with van der Waals surface area (Å²) in [6.45, 7) is 2.07. The molecule has 2 aromatic rings. The molecule has 0 bridgehead atoms. The van der Waals surface area contributed by atoms with Crippen molar-refractivity contribution in [1.29, 1.82) is 0 Å². The zero-order valence-corrected chi connectivity index (χ0v) is 8.37. The highest BCUT2D eigenvalue weighted by atomic mass is 16.3. The monoisotopic (exact) mass is 208 g/mol. The molecule has 80 valence electrons. The van der Waals surface area contributed by atoms with Crippen LogP contribution >= 0.6 is 0 Å². The van der Waals surface area contributed by atoms with Crippen molar-refractivity contribution >= 4 is 5.65 Å². The van der Waals surface area contributed by atoms with E-state index in [1.807, 2.05) is 6.92 Å². The predicted octanol–water partition coefficient (Wildman–Crippen LogP) is -0.338. The summed E-state index contributed by atoms with van der Waals surface area (Å²) in [5.41, 5.74) is 0.241. The van der Waals surface area contributed by atoms with E-state index in [1.165, 1.54) is 21.5 Å². The van der Waals surface area contributed by atoms with E-state index in [-0.39, 0.29) is 12.2 Å². The quantitative estimate of drug-likeness (QED) is 0.749. The lowest BCUT2D eigenvalue weighted by Crippen LogP contribution is -2.26. The van der Waals surface area contributed by atoms with Gasteiger partial charge >= 0.3 is 5.69 Å². The fourth-order valence-electron chi connectivity index (χ4n) is 1.33. The van der Waals surface area contributed by atoms with Crippen molar-refractivity contribution in [3.63, 3.8) is 0 Å². The zero-order valence-electron chi connectivity index (χ0n) is 8.37. The second kappa shape index (κ2) is 3.82. The number of nitrogens with zero attached hydrogens (tertiary/aromatic N) is 4. The molecule has 6 nitrogen and oxygen atoms in total. The lowest BCUT2D eigenvalue weighted by atomic mass is 10.3. The van der Waals surface area contributed by atoms with Crippen LogP contribution in [0.3, 0.4) is 0 Å². The van der Waals surface area contributed by atoms with Gasteiger partial charge in [0.05, 0.1) is 18.8 Å². The molecule has 1 atom stereocenters. The third-order valence-corrected chi connectivity index (χ3v) is 2.24. The molecule has 0 aliphatic heterocycles. The zero-order chi connectivity index (χ0) is 10.8. The summed E-state index contributed by atoms with van der Waals surface area (Å²) in [6.07, 6.45) is 4.64. The van der Waals surface area contributed by atoms with Crippen molar-refractivity contribution in [2.75, 3.05) is 0 Å². The van der Waals surface area contributed by atoms with Crippen LogP contribution in [0.15, 0.2) is 23.4 Å². The number of aromatic nitrogens is 4. The minimum Gasteiger partial charge on any atom is -0.391 e. The topological polar surface area (TPSA) is 72.4 Å². The van der Waals surface area contributed by atoms with E-state index < -0.39 is 6.10 Å². The molecule has 2 heterocycles. The summed E-state index contributed by atoms with van der Waals surface area (Å²) in [5, 5.41) is 13.5. The molecule has 0 saturated heterocycles. The van der Waals surface area contributed by atoms with Crippen LogP contribution in [0.5, 0.6) is 0 Å². The van der Waals surface area contributed by atoms with Gasteiger partial charge in [-0.15, -0.1) is 5.10 Å². The van der Waals surface area contributed by atoms with Gasteiger partial charge in [0.25, 0.3) is 0 Å². The van der Waals surface area contributed by atoms with Crippen molar-refractivity contribution in [2.45, 2.75) is 26.0 Å². The Bertz CT molecular complexity index is 516. The maximum atomic E-state index is 11.7. The lowest BCUT2D eigenvalue weighted by Gasteiger charge is -2.04. The summed E-state index contributed by atoms with van der Waals surface area (Å²) < 4.78 is 2.65. The van der Waals surface area contributed by atoms with Crippen molar-refractivity contribution in [2.24, 2.45) is 0 Å². The molecule has 0 fully saturated rings. The molecule has 15 heavy (non-hydrogen) atoms. The van der Waals surface area contributed by atoms with Crippen LogP contribution in [0.25, 0.3) is 5.65 Å². The number of hydrogen-bond donors (Lipinski definition) is 1. The van der Waals surface area contributed by atoms with E-state index in [1.54, 1.807) is 6.20 Å². The van der Waals surface area contributed by atoms with E-state index >= 15 is 0 Å². The summed E-state index contributed by atoms with van der Waals surface area (Å²) in [7, 11) is 0. The number of aliphatic hydroxyl groups excluding tert-OH is 1. The van der Waals surface area contributed by atoms with Crippen molar-refractivity contribution in [1.82, 2.24) is 19.2 Å². The van der Waals surface area contributed by atoms with E-state index in [9.17, 15) is 9.90 Å². The average Bonchev–Trinajstić information content (AvgIpc) is 2.57. The molecule has 6 heteroatoms. The highest BCUT2D eigenvalue weighted by molar-refractivity contribution is 5.31. The second-order valence-electron chi connectivity index (χ2n) is 3.33. The van der Waals surface area contributed by atoms with Gasteiger partial charge in [-0.2, -0.15) is 0 Å². The Hall–Kier alpha value is -1.69. The van der Waals surface area contributed by atoms with E-state index in [4.69, 9.17) is 0 Å². The summed E-state index contributed by atoms with van der Waals surface area (Å²) in [5.74, 6) is 0. The molecule has 0 amide bonds. The van der Waals surface area contributed by atoms with E-state index in [0.717, 1.165) is 0 Å². The highest BCUT2D eigenvalue weighted by Gasteiger charge is 2.09. The highest BCUT2D eigenvalue weighted by Crippen LogP contribution is 1.96. The molecule has 0 aromatic carbocycles. The molecular weight excluding hydrogens is 196 g/mol. The maximum absolute atomic E-state index is 11.7. The van der Waals surface area contributed by atoms with Crippen LogP contribution in [-0.4, -0.2) is 30.4 Å². The van der Waals surface area contributed by atoms with Gasteiger partial charge in [-0.25, -0.2) is 13.9 Å². The van der Waals surface area contributed by atoms with E-state index in [2.05, 4.69) is 10.1 Å². The largest absolute Gasteiger partial charge is 0.391 e. The first kappa shape index (κ1) is 9.85. The fourth-order valence-corrected chi connectivity index (χ4v) is 1.33. The van der Waals surface area contributed by atoms with Crippen molar-refractivity contribution in [3.8, 4) is 0 Å². The van der Waals surface area contributed by atoms with Gasteiger partial charge in [0, 0.05) is 12.4 Å². The molecular formula is C9H12N4O2. The summed E-state index contributed by atoms with van der Waals surface area (Å²) in [4.78, 5) is 15.6. The Labute approximate surface area is 85.8 Å². The van der Waals surface area contributed by atoms with Crippen LogP contribution in [0, 0.1) is 0 Å². The Balaban J connectivity index is 2.45. The summed E-state index contributed by atoms with van der Waals surface area (Å²) in [6, 6.07) is 0. The van der Waals surface area contributed by atoms with Crippen LogP contribution in [0.2, 0.25) is 0 Å². The van der Waals surface area contributed by atoms with Crippen LogP contribution in [0.1, 0.15) is 13.3 Å². The van der Waals surface area contributed by atoms with Crippen LogP contribution in [-0.2, 0) is 6.54 Å². The molecule has 0 aliphatic rings. The van der Waals surface area contributed by atoms with E-state index in [0.29, 0.717) is 12.1 Å². The third-order valence-electron chi connectivity index (χ3n) is 2.24. The van der Waals surface area contributed by atoms with Gasteiger partial charge in [0.1, 0.15) is 0 Å². The molecule has 0 aliphatic carbocycles. The van der Waals surface area contributed by atoms with Crippen molar-refractivity contribution < 1.29 is 5.11 Å². The number of hydrogen-bond acceptors (Lipinski definition) is 4. The number of rotatable bonds is 3. The van der Waals surface area contributed by atoms with Crippen LogP contribution in [0.4, 0.5) is 0 Å². The first-order chi connectivity index (χ1) is 7.22. The van der Waals surface area contributed by atoms with Gasteiger partial charge in [-0.3, -0.25) is 4.98 Å². The number of fused-ring (bicyclic) bond motifs is 1. The smallest absolute Gasteiger partial charge is 0.350 e.